The van der Waals surface area contributed by atoms with Gasteiger partial charge in [0.1, 0.15) is 5.82 Å². The number of fused-ring (bicyclic) bond motifs is 1. The van der Waals surface area contributed by atoms with E-state index in [1.54, 1.807) is 0 Å². The third-order valence-corrected chi connectivity index (χ3v) is 2.50. The summed E-state index contributed by atoms with van der Waals surface area (Å²) in [6.07, 6.45) is 2.17. The van der Waals surface area contributed by atoms with Crippen LogP contribution in [0.25, 0.3) is 11.0 Å². The molecule has 2 nitrogen and oxygen atoms in total. The lowest BCUT2D eigenvalue weighted by Gasteiger charge is -2.05. The fourth-order valence-electron chi connectivity index (χ4n) is 1.87. The quantitative estimate of drug-likeness (QED) is 0.724. The van der Waals surface area contributed by atoms with E-state index in [0.29, 0.717) is 0 Å². The highest BCUT2D eigenvalue weighted by atomic mass is 15.1. The molecule has 1 aromatic heterocycles. The standard InChI is InChI=1S/C12H16N2/c1-3-9-14-11-8-6-5-7-10(11)13-12(14)4-2/h5-8H,3-4,9H2,1-2H3. The summed E-state index contributed by atoms with van der Waals surface area (Å²) in [4.78, 5) is 4.61. The molecule has 0 unspecified atom stereocenters. The lowest BCUT2D eigenvalue weighted by atomic mass is 10.3. The second kappa shape index (κ2) is 3.82. The Hall–Kier alpha value is -1.31. The zero-order chi connectivity index (χ0) is 9.97. The maximum Gasteiger partial charge on any atom is 0.109 e. The van der Waals surface area contributed by atoms with Crippen molar-refractivity contribution >= 4 is 11.0 Å². The molecule has 1 aromatic carbocycles. The van der Waals surface area contributed by atoms with Gasteiger partial charge in [0.15, 0.2) is 0 Å². The van der Waals surface area contributed by atoms with Crippen molar-refractivity contribution in [2.24, 2.45) is 0 Å². The van der Waals surface area contributed by atoms with Crippen LogP contribution in [0, 0.1) is 0 Å². The fourth-order valence-corrected chi connectivity index (χ4v) is 1.87. The summed E-state index contributed by atoms with van der Waals surface area (Å²) in [5.74, 6) is 1.20. The monoisotopic (exact) mass is 188 g/mol. The second-order valence-electron chi connectivity index (χ2n) is 3.52. The first-order valence-corrected chi connectivity index (χ1v) is 5.31. The predicted molar refractivity (Wildman–Crippen MR) is 59.4 cm³/mol. The van der Waals surface area contributed by atoms with Crippen LogP contribution in [0.1, 0.15) is 26.1 Å². The van der Waals surface area contributed by atoms with Crippen LogP contribution in [-0.2, 0) is 13.0 Å². The molecule has 0 saturated carbocycles. The molecule has 0 amide bonds. The van der Waals surface area contributed by atoms with Gasteiger partial charge in [-0.05, 0) is 18.6 Å². The molecule has 0 aliphatic rings. The number of imidazole rings is 1. The summed E-state index contributed by atoms with van der Waals surface area (Å²) in [5, 5.41) is 0. The molecular formula is C12H16N2. The zero-order valence-corrected chi connectivity index (χ0v) is 8.83. The van der Waals surface area contributed by atoms with Crippen LogP contribution >= 0.6 is 0 Å². The molecule has 0 spiro atoms. The van der Waals surface area contributed by atoms with Gasteiger partial charge < -0.3 is 4.57 Å². The third kappa shape index (κ3) is 1.41. The molecule has 0 aliphatic carbocycles. The summed E-state index contributed by atoms with van der Waals surface area (Å²) in [7, 11) is 0. The number of benzene rings is 1. The van der Waals surface area contributed by atoms with E-state index >= 15 is 0 Å². The largest absolute Gasteiger partial charge is 0.328 e. The maximum atomic E-state index is 4.61. The number of nitrogens with zero attached hydrogens (tertiary/aromatic N) is 2. The van der Waals surface area contributed by atoms with E-state index in [0.717, 1.165) is 24.9 Å². The average Bonchev–Trinajstić information content (AvgIpc) is 2.58. The molecule has 0 N–H and O–H groups in total. The molecule has 2 heteroatoms. The Labute approximate surface area is 84.6 Å². The minimum atomic E-state index is 1.01. The minimum absolute atomic E-state index is 1.01. The molecule has 0 atom stereocenters. The lowest BCUT2D eigenvalue weighted by Crippen LogP contribution is -2.01. The number of aromatic nitrogens is 2. The van der Waals surface area contributed by atoms with E-state index < -0.39 is 0 Å². The van der Waals surface area contributed by atoms with Gasteiger partial charge in [-0.15, -0.1) is 0 Å². The topological polar surface area (TPSA) is 17.8 Å². The zero-order valence-electron chi connectivity index (χ0n) is 8.83. The SMILES string of the molecule is CCCn1c(CC)nc2ccccc21. The second-order valence-corrected chi connectivity index (χ2v) is 3.52. The fraction of sp³-hybridized carbons (Fsp3) is 0.417. The first-order chi connectivity index (χ1) is 6.86. The first-order valence-electron chi connectivity index (χ1n) is 5.31. The molecule has 1 heterocycles. The number of rotatable bonds is 3. The highest BCUT2D eigenvalue weighted by Crippen LogP contribution is 2.16. The van der Waals surface area contributed by atoms with Gasteiger partial charge >= 0.3 is 0 Å². The van der Waals surface area contributed by atoms with Gasteiger partial charge in [-0.2, -0.15) is 0 Å². The summed E-state index contributed by atoms with van der Waals surface area (Å²) in [5.41, 5.74) is 2.39. The van der Waals surface area contributed by atoms with Crippen LogP contribution in [0.2, 0.25) is 0 Å². The van der Waals surface area contributed by atoms with Crippen molar-refractivity contribution in [2.75, 3.05) is 0 Å². The highest BCUT2D eigenvalue weighted by Gasteiger charge is 2.06. The molecule has 2 rings (SSSR count). The highest BCUT2D eigenvalue weighted by molar-refractivity contribution is 5.75. The lowest BCUT2D eigenvalue weighted by molar-refractivity contribution is 0.659. The van der Waals surface area contributed by atoms with Gasteiger partial charge in [-0.1, -0.05) is 26.0 Å². The Morgan fingerprint density at radius 1 is 1.21 bits per heavy atom. The van der Waals surface area contributed by atoms with Crippen LogP contribution in [0.4, 0.5) is 0 Å². The molecule has 0 radical (unpaired) electrons. The van der Waals surface area contributed by atoms with Gasteiger partial charge in [-0.25, -0.2) is 4.98 Å². The van der Waals surface area contributed by atoms with Gasteiger partial charge in [0.2, 0.25) is 0 Å². The third-order valence-electron chi connectivity index (χ3n) is 2.50. The molecule has 14 heavy (non-hydrogen) atoms. The molecule has 0 fully saturated rings. The van der Waals surface area contributed by atoms with Crippen LogP contribution in [0.5, 0.6) is 0 Å². The Morgan fingerprint density at radius 2 is 2.00 bits per heavy atom. The Balaban J connectivity index is 2.61. The Morgan fingerprint density at radius 3 is 2.71 bits per heavy atom. The average molecular weight is 188 g/mol. The minimum Gasteiger partial charge on any atom is -0.328 e. The summed E-state index contributed by atoms with van der Waals surface area (Å²) < 4.78 is 2.33. The van der Waals surface area contributed by atoms with E-state index in [9.17, 15) is 0 Å². The Kier molecular flexibility index (Phi) is 2.53. The number of hydrogen-bond donors (Lipinski definition) is 0. The van der Waals surface area contributed by atoms with Crippen molar-refractivity contribution in [1.29, 1.82) is 0 Å². The maximum absolute atomic E-state index is 4.61. The van der Waals surface area contributed by atoms with E-state index in [1.165, 1.54) is 11.3 Å². The summed E-state index contributed by atoms with van der Waals surface area (Å²) in [6.45, 7) is 5.44. The van der Waals surface area contributed by atoms with Crippen molar-refractivity contribution in [2.45, 2.75) is 33.2 Å². The van der Waals surface area contributed by atoms with E-state index in [2.05, 4.69) is 41.6 Å². The Bertz CT molecular complexity index is 429. The van der Waals surface area contributed by atoms with E-state index in [1.807, 2.05) is 6.07 Å². The number of para-hydroxylation sites is 2. The van der Waals surface area contributed by atoms with Crippen LogP contribution < -0.4 is 0 Å². The molecule has 0 saturated heterocycles. The van der Waals surface area contributed by atoms with Crippen molar-refractivity contribution in [3.05, 3.63) is 30.1 Å². The van der Waals surface area contributed by atoms with Crippen LogP contribution in [-0.4, -0.2) is 9.55 Å². The first kappa shape index (κ1) is 9.25. The number of aryl methyl sites for hydroxylation is 2. The molecule has 0 aliphatic heterocycles. The van der Waals surface area contributed by atoms with E-state index in [4.69, 9.17) is 0 Å². The van der Waals surface area contributed by atoms with Crippen molar-refractivity contribution in [3.8, 4) is 0 Å². The van der Waals surface area contributed by atoms with Crippen molar-refractivity contribution < 1.29 is 0 Å². The van der Waals surface area contributed by atoms with Gasteiger partial charge in [0, 0.05) is 13.0 Å². The van der Waals surface area contributed by atoms with Gasteiger partial charge in [0.25, 0.3) is 0 Å². The predicted octanol–water partition coefficient (Wildman–Crippen LogP) is 3.01. The van der Waals surface area contributed by atoms with Crippen molar-refractivity contribution in [1.82, 2.24) is 9.55 Å². The summed E-state index contributed by atoms with van der Waals surface area (Å²) in [6, 6.07) is 8.36. The van der Waals surface area contributed by atoms with E-state index in [-0.39, 0.29) is 0 Å². The van der Waals surface area contributed by atoms with Crippen molar-refractivity contribution in [3.63, 3.8) is 0 Å². The van der Waals surface area contributed by atoms with Crippen LogP contribution in [0.3, 0.4) is 0 Å². The molecule has 74 valence electrons. The summed E-state index contributed by atoms with van der Waals surface area (Å²) >= 11 is 0. The normalized spacial score (nSPS) is 11.0. The molecular weight excluding hydrogens is 172 g/mol. The van der Waals surface area contributed by atoms with Gasteiger partial charge in [0.05, 0.1) is 11.0 Å². The van der Waals surface area contributed by atoms with Crippen LogP contribution in [0.15, 0.2) is 24.3 Å². The molecule has 0 bridgehead atoms. The van der Waals surface area contributed by atoms with Gasteiger partial charge in [-0.3, -0.25) is 0 Å². The molecule has 2 aromatic rings. The smallest absolute Gasteiger partial charge is 0.109 e. The number of hydrogen-bond acceptors (Lipinski definition) is 1.